The van der Waals surface area contributed by atoms with Gasteiger partial charge in [0.25, 0.3) is 0 Å². The topological polar surface area (TPSA) is 46.3 Å². The predicted molar refractivity (Wildman–Crippen MR) is 83.8 cm³/mol. The number of hydrogen-bond acceptors (Lipinski definition) is 2. The van der Waals surface area contributed by atoms with Gasteiger partial charge in [-0.05, 0) is 42.0 Å². The van der Waals surface area contributed by atoms with Gasteiger partial charge in [0.2, 0.25) is 5.91 Å². The lowest BCUT2D eigenvalue weighted by Gasteiger charge is -2.45. The number of carbonyl (C=O) groups is 1. The number of nitrogens with zero attached hydrogens (tertiary/aromatic N) is 1. The van der Waals surface area contributed by atoms with E-state index in [-0.39, 0.29) is 11.9 Å². The minimum atomic E-state index is -0.494. The number of β-lactam (4-membered cyclic amide) rings is 1. The summed E-state index contributed by atoms with van der Waals surface area (Å²) in [4.78, 5) is 13.8. The highest BCUT2D eigenvalue weighted by molar-refractivity contribution is 9.10. The molecule has 20 heavy (non-hydrogen) atoms. The van der Waals surface area contributed by atoms with Gasteiger partial charge < -0.3 is 10.6 Å². The summed E-state index contributed by atoms with van der Waals surface area (Å²) in [5.41, 5.74) is 7.80. The lowest BCUT2D eigenvalue weighted by molar-refractivity contribution is -0.126. The number of anilines is 1. The van der Waals surface area contributed by atoms with Crippen LogP contribution in [0.25, 0.3) is 0 Å². The van der Waals surface area contributed by atoms with Crippen LogP contribution in [-0.2, 0) is 4.79 Å². The lowest BCUT2D eigenvalue weighted by Crippen LogP contribution is -2.63. The van der Waals surface area contributed by atoms with Gasteiger partial charge >= 0.3 is 0 Å². The second-order valence-electron chi connectivity index (χ2n) is 4.71. The van der Waals surface area contributed by atoms with Crippen LogP contribution >= 0.6 is 27.5 Å². The summed E-state index contributed by atoms with van der Waals surface area (Å²) in [6, 6.07) is 14.4. The van der Waals surface area contributed by atoms with Crippen molar-refractivity contribution in [1.82, 2.24) is 0 Å². The Labute approximate surface area is 130 Å². The fraction of sp³-hybridized carbons (Fsp3) is 0.133. The number of carbonyl (C=O) groups excluding carboxylic acids is 1. The van der Waals surface area contributed by atoms with Gasteiger partial charge in [-0.1, -0.05) is 39.7 Å². The molecule has 1 aliphatic rings. The molecule has 0 radical (unpaired) electrons. The third-order valence-corrected chi connectivity index (χ3v) is 4.24. The Morgan fingerprint density at radius 1 is 1.05 bits per heavy atom. The Morgan fingerprint density at radius 2 is 1.65 bits per heavy atom. The largest absolute Gasteiger partial charge is 0.318 e. The average molecular weight is 352 g/mol. The van der Waals surface area contributed by atoms with Crippen LogP contribution in [0.5, 0.6) is 0 Å². The Kier molecular flexibility index (Phi) is 3.54. The fourth-order valence-corrected chi connectivity index (χ4v) is 2.81. The molecule has 0 aliphatic carbocycles. The molecule has 2 N–H and O–H groups in total. The third kappa shape index (κ3) is 2.24. The molecule has 1 heterocycles. The van der Waals surface area contributed by atoms with Crippen LogP contribution in [-0.4, -0.2) is 11.9 Å². The summed E-state index contributed by atoms with van der Waals surface area (Å²) in [6.45, 7) is 0. The molecular weight excluding hydrogens is 340 g/mol. The lowest BCUT2D eigenvalue weighted by atomic mass is 9.88. The van der Waals surface area contributed by atoms with Gasteiger partial charge in [0.1, 0.15) is 6.04 Å². The zero-order valence-corrected chi connectivity index (χ0v) is 12.8. The zero-order chi connectivity index (χ0) is 14.3. The molecule has 0 bridgehead atoms. The first-order valence-corrected chi connectivity index (χ1v) is 7.35. The van der Waals surface area contributed by atoms with Crippen LogP contribution in [0.3, 0.4) is 0 Å². The second-order valence-corrected chi connectivity index (χ2v) is 6.06. The predicted octanol–water partition coefficient (Wildman–Crippen LogP) is 3.52. The van der Waals surface area contributed by atoms with Crippen molar-refractivity contribution in [3.05, 3.63) is 63.6 Å². The zero-order valence-electron chi connectivity index (χ0n) is 10.5. The number of benzene rings is 2. The number of amides is 1. The van der Waals surface area contributed by atoms with Crippen LogP contribution < -0.4 is 10.6 Å². The van der Waals surface area contributed by atoms with Crippen molar-refractivity contribution in [2.75, 3.05) is 4.90 Å². The summed E-state index contributed by atoms with van der Waals surface area (Å²) in [5.74, 6) is -0.0692. The molecule has 2 aromatic rings. The summed E-state index contributed by atoms with van der Waals surface area (Å²) >= 11 is 9.28. The van der Waals surface area contributed by atoms with Gasteiger partial charge in [0.15, 0.2) is 0 Å². The summed E-state index contributed by atoms with van der Waals surface area (Å²) in [5, 5.41) is 0.645. The minimum absolute atomic E-state index is 0.0692. The normalized spacial score (nSPS) is 21.8. The highest BCUT2D eigenvalue weighted by Gasteiger charge is 2.46. The van der Waals surface area contributed by atoms with Crippen LogP contribution in [0, 0.1) is 0 Å². The maximum atomic E-state index is 12.1. The standard InChI is InChI=1S/C15H12BrClN2O/c16-10-3-1-9(2-4-10)14-13(18)15(20)19(14)12-7-5-11(17)6-8-12/h1-8,13-14H,18H2/t13-,14+/m0/s1. The van der Waals surface area contributed by atoms with Crippen molar-refractivity contribution in [1.29, 1.82) is 0 Å². The van der Waals surface area contributed by atoms with Gasteiger partial charge in [-0.3, -0.25) is 4.79 Å². The molecule has 0 unspecified atom stereocenters. The van der Waals surface area contributed by atoms with E-state index in [2.05, 4.69) is 15.9 Å². The van der Waals surface area contributed by atoms with E-state index in [0.29, 0.717) is 5.02 Å². The maximum Gasteiger partial charge on any atom is 0.247 e. The van der Waals surface area contributed by atoms with Crippen LogP contribution in [0.4, 0.5) is 5.69 Å². The molecule has 0 aromatic heterocycles. The van der Waals surface area contributed by atoms with Gasteiger partial charge in [-0.25, -0.2) is 0 Å². The van der Waals surface area contributed by atoms with Gasteiger partial charge in [0.05, 0.1) is 6.04 Å². The summed E-state index contributed by atoms with van der Waals surface area (Å²) in [7, 11) is 0. The average Bonchev–Trinajstić information content (AvgIpc) is 2.46. The molecule has 0 spiro atoms. The molecule has 2 aromatic carbocycles. The van der Waals surface area contributed by atoms with E-state index in [1.165, 1.54) is 0 Å². The summed E-state index contributed by atoms with van der Waals surface area (Å²) < 4.78 is 0.999. The van der Waals surface area contributed by atoms with E-state index < -0.39 is 6.04 Å². The third-order valence-electron chi connectivity index (χ3n) is 3.46. The molecule has 1 fully saturated rings. The van der Waals surface area contributed by atoms with Crippen molar-refractivity contribution in [3.8, 4) is 0 Å². The van der Waals surface area contributed by atoms with Crippen molar-refractivity contribution in [2.24, 2.45) is 5.73 Å². The van der Waals surface area contributed by atoms with Crippen molar-refractivity contribution >= 4 is 39.1 Å². The number of nitrogens with two attached hydrogens (primary N) is 1. The Hall–Kier alpha value is -1.36. The molecule has 5 heteroatoms. The first-order chi connectivity index (χ1) is 9.58. The number of halogens is 2. The minimum Gasteiger partial charge on any atom is -0.318 e. The fourth-order valence-electron chi connectivity index (χ4n) is 2.42. The van der Waals surface area contributed by atoms with Gasteiger partial charge in [0, 0.05) is 15.2 Å². The SMILES string of the molecule is N[C@@H]1C(=O)N(c2ccc(Cl)cc2)[C@@H]1c1ccc(Br)cc1. The van der Waals surface area contributed by atoms with Crippen molar-refractivity contribution in [3.63, 3.8) is 0 Å². The highest BCUT2D eigenvalue weighted by atomic mass is 79.9. The van der Waals surface area contributed by atoms with Crippen molar-refractivity contribution < 1.29 is 4.79 Å². The first-order valence-electron chi connectivity index (χ1n) is 6.17. The van der Waals surface area contributed by atoms with Crippen LogP contribution in [0.1, 0.15) is 11.6 Å². The quantitative estimate of drug-likeness (QED) is 0.842. The monoisotopic (exact) mass is 350 g/mol. The van der Waals surface area contributed by atoms with Crippen LogP contribution in [0.2, 0.25) is 5.02 Å². The van der Waals surface area contributed by atoms with E-state index >= 15 is 0 Å². The van der Waals surface area contributed by atoms with E-state index in [1.54, 1.807) is 17.0 Å². The Morgan fingerprint density at radius 3 is 2.25 bits per heavy atom. The maximum absolute atomic E-state index is 12.1. The molecular formula is C15H12BrClN2O. The smallest absolute Gasteiger partial charge is 0.247 e. The van der Waals surface area contributed by atoms with Gasteiger partial charge in [-0.2, -0.15) is 0 Å². The van der Waals surface area contributed by atoms with E-state index in [4.69, 9.17) is 17.3 Å². The van der Waals surface area contributed by atoms with E-state index in [9.17, 15) is 4.79 Å². The van der Waals surface area contributed by atoms with E-state index in [1.807, 2.05) is 36.4 Å². The molecule has 1 amide bonds. The molecule has 3 nitrogen and oxygen atoms in total. The number of hydrogen-bond donors (Lipinski definition) is 1. The molecule has 102 valence electrons. The number of rotatable bonds is 2. The van der Waals surface area contributed by atoms with Crippen molar-refractivity contribution in [2.45, 2.75) is 12.1 Å². The summed E-state index contributed by atoms with van der Waals surface area (Å²) in [6.07, 6.45) is 0. The van der Waals surface area contributed by atoms with E-state index in [0.717, 1.165) is 15.7 Å². The Bertz CT molecular complexity index is 642. The first kappa shape index (κ1) is 13.6. The van der Waals surface area contributed by atoms with Crippen LogP contribution in [0.15, 0.2) is 53.0 Å². The molecule has 1 aliphatic heterocycles. The Balaban J connectivity index is 1.95. The van der Waals surface area contributed by atoms with Gasteiger partial charge in [-0.15, -0.1) is 0 Å². The molecule has 2 atom stereocenters. The molecule has 3 rings (SSSR count). The molecule has 1 saturated heterocycles. The second kappa shape index (κ2) is 5.20. The highest BCUT2D eigenvalue weighted by Crippen LogP contribution is 2.38. The molecule has 0 saturated carbocycles.